The number of unbranched alkanes of at least 4 members (excludes halogenated alkanes) is 1. The summed E-state index contributed by atoms with van der Waals surface area (Å²) in [6.45, 7) is 1.77. The summed E-state index contributed by atoms with van der Waals surface area (Å²) in [6, 6.07) is 7.82. The van der Waals surface area contributed by atoms with Crippen LogP contribution in [0.5, 0.6) is 5.75 Å². The van der Waals surface area contributed by atoms with E-state index in [0.717, 1.165) is 36.2 Å². The Balaban J connectivity index is 2.06. The van der Waals surface area contributed by atoms with E-state index in [1.807, 2.05) is 24.3 Å². The second-order valence-corrected chi connectivity index (χ2v) is 4.10. The molecule has 98 valence electrons. The van der Waals surface area contributed by atoms with Crippen LogP contribution in [0.4, 0.5) is 0 Å². The molecule has 0 aliphatic heterocycles. The number of benzene rings is 1. The van der Waals surface area contributed by atoms with Gasteiger partial charge in [0.15, 0.2) is 11.5 Å². The minimum absolute atomic E-state index is 0.349. The predicted molar refractivity (Wildman–Crippen MR) is 70.7 cm³/mol. The van der Waals surface area contributed by atoms with Crippen molar-refractivity contribution in [3.63, 3.8) is 0 Å². The Bertz CT molecular complexity index is 493. The van der Waals surface area contributed by atoms with E-state index in [9.17, 15) is 0 Å². The van der Waals surface area contributed by atoms with E-state index in [-0.39, 0.29) is 0 Å². The third-order valence-electron chi connectivity index (χ3n) is 2.79. The molecule has 0 saturated heterocycles. The third-order valence-corrected chi connectivity index (χ3v) is 2.79. The Morgan fingerprint density at radius 2 is 1.94 bits per heavy atom. The topological polar surface area (TPSA) is 57.6 Å². The average molecular weight is 249 g/mol. The molecule has 2 N–H and O–H groups in total. The highest BCUT2D eigenvalue weighted by Gasteiger charge is 2.13. The van der Waals surface area contributed by atoms with Crippen molar-refractivity contribution in [2.75, 3.05) is 20.3 Å². The minimum Gasteiger partial charge on any atom is -0.489 e. The van der Waals surface area contributed by atoms with Crippen molar-refractivity contribution in [2.45, 2.75) is 19.4 Å². The zero-order valence-corrected chi connectivity index (χ0v) is 10.6. The summed E-state index contributed by atoms with van der Waals surface area (Å²) < 4.78 is 16.5. The van der Waals surface area contributed by atoms with Gasteiger partial charge in [-0.25, -0.2) is 0 Å². The van der Waals surface area contributed by atoms with Gasteiger partial charge in [0, 0.05) is 13.7 Å². The van der Waals surface area contributed by atoms with Crippen molar-refractivity contribution in [3.8, 4) is 5.75 Å². The van der Waals surface area contributed by atoms with Gasteiger partial charge in [0.2, 0.25) is 0 Å². The molecule has 0 aliphatic rings. The smallest absolute Gasteiger partial charge is 0.169 e. The number of rotatable bonds is 7. The van der Waals surface area contributed by atoms with Crippen molar-refractivity contribution in [1.29, 1.82) is 0 Å². The number of fused-ring (bicyclic) bond motifs is 1. The molecule has 0 amide bonds. The normalized spacial score (nSPS) is 11.0. The molecule has 0 atom stereocenters. The molecule has 0 radical (unpaired) electrons. The van der Waals surface area contributed by atoms with Gasteiger partial charge in [-0.15, -0.1) is 0 Å². The predicted octanol–water partition coefficient (Wildman–Crippen LogP) is 2.70. The van der Waals surface area contributed by atoms with E-state index in [1.54, 1.807) is 7.11 Å². The second kappa shape index (κ2) is 6.42. The molecule has 18 heavy (non-hydrogen) atoms. The summed E-state index contributed by atoms with van der Waals surface area (Å²) in [4.78, 5) is 0. The largest absolute Gasteiger partial charge is 0.489 e. The lowest BCUT2D eigenvalue weighted by atomic mass is 10.2. The fourth-order valence-electron chi connectivity index (χ4n) is 1.89. The second-order valence-electron chi connectivity index (χ2n) is 4.10. The Labute approximate surface area is 107 Å². The zero-order valence-electron chi connectivity index (χ0n) is 10.6. The minimum atomic E-state index is 0.349. The molecule has 0 aliphatic carbocycles. The van der Waals surface area contributed by atoms with E-state index in [4.69, 9.17) is 19.6 Å². The lowest BCUT2D eigenvalue weighted by molar-refractivity contribution is 0.184. The third kappa shape index (κ3) is 2.83. The molecule has 0 saturated carbocycles. The van der Waals surface area contributed by atoms with Crippen molar-refractivity contribution in [2.24, 2.45) is 5.73 Å². The van der Waals surface area contributed by atoms with Gasteiger partial charge in [-0.3, -0.25) is 0 Å². The maximum atomic E-state index is 5.80. The summed E-state index contributed by atoms with van der Waals surface area (Å²) in [5.41, 5.74) is 6.50. The van der Waals surface area contributed by atoms with Crippen molar-refractivity contribution in [1.82, 2.24) is 0 Å². The molecule has 0 unspecified atom stereocenters. The quantitative estimate of drug-likeness (QED) is 0.766. The summed E-state index contributed by atoms with van der Waals surface area (Å²) >= 11 is 0. The van der Waals surface area contributed by atoms with E-state index in [1.165, 1.54) is 0 Å². The number of nitrogens with two attached hydrogens (primary N) is 1. The highest BCUT2D eigenvalue weighted by molar-refractivity contribution is 5.85. The standard InChI is InChI=1S/C14H19NO3/c1-16-8-4-5-9-17-14-11-6-2-3-7-12(11)18-13(14)10-15/h2-3,6-7H,4-5,8-10,15H2,1H3. The number of furan rings is 1. The number of ether oxygens (including phenoxy) is 2. The number of methoxy groups -OCH3 is 1. The van der Waals surface area contributed by atoms with Gasteiger partial charge in [0.05, 0.1) is 18.5 Å². The van der Waals surface area contributed by atoms with Crippen LogP contribution in [-0.4, -0.2) is 20.3 Å². The molecule has 1 aromatic carbocycles. The first kappa shape index (κ1) is 12.9. The fraction of sp³-hybridized carbons (Fsp3) is 0.429. The van der Waals surface area contributed by atoms with E-state index < -0.39 is 0 Å². The summed E-state index contributed by atoms with van der Waals surface area (Å²) in [5, 5.41) is 0.990. The number of hydrogen-bond donors (Lipinski definition) is 1. The van der Waals surface area contributed by atoms with Gasteiger partial charge in [0.1, 0.15) is 5.58 Å². The SMILES string of the molecule is COCCCCOc1c(CN)oc2ccccc12. The van der Waals surface area contributed by atoms with Crippen LogP contribution in [-0.2, 0) is 11.3 Å². The molecule has 2 rings (SSSR count). The Morgan fingerprint density at radius 3 is 2.72 bits per heavy atom. The average Bonchev–Trinajstić information content (AvgIpc) is 2.77. The number of para-hydroxylation sites is 1. The van der Waals surface area contributed by atoms with Crippen LogP contribution < -0.4 is 10.5 Å². The molecular weight excluding hydrogens is 230 g/mol. The molecule has 0 spiro atoms. The van der Waals surface area contributed by atoms with Gasteiger partial charge in [-0.2, -0.15) is 0 Å². The Kier molecular flexibility index (Phi) is 4.61. The molecule has 0 fully saturated rings. The fourth-order valence-corrected chi connectivity index (χ4v) is 1.89. The molecular formula is C14H19NO3. The summed E-state index contributed by atoms with van der Waals surface area (Å²) in [5.74, 6) is 1.49. The van der Waals surface area contributed by atoms with Crippen LogP contribution in [0.2, 0.25) is 0 Å². The summed E-state index contributed by atoms with van der Waals surface area (Å²) in [6.07, 6.45) is 1.95. The number of hydrogen-bond acceptors (Lipinski definition) is 4. The van der Waals surface area contributed by atoms with Gasteiger partial charge < -0.3 is 19.6 Å². The van der Waals surface area contributed by atoms with Gasteiger partial charge in [0.25, 0.3) is 0 Å². The van der Waals surface area contributed by atoms with Crippen LogP contribution in [0.15, 0.2) is 28.7 Å². The van der Waals surface area contributed by atoms with E-state index >= 15 is 0 Å². The maximum absolute atomic E-state index is 5.80. The first-order valence-corrected chi connectivity index (χ1v) is 6.19. The van der Waals surface area contributed by atoms with Crippen LogP contribution in [0.1, 0.15) is 18.6 Å². The van der Waals surface area contributed by atoms with Gasteiger partial charge in [-0.05, 0) is 25.0 Å². The Morgan fingerprint density at radius 1 is 1.17 bits per heavy atom. The lowest BCUT2D eigenvalue weighted by Gasteiger charge is -2.05. The Hall–Kier alpha value is -1.52. The maximum Gasteiger partial charge on any atom is 0.169 e. The molecule has 4 nitrogen and oxygen atoms in total. The highest BCUT2D eigenvalue weighted by Crippen LogP contribution is 2.32. The lowest BCUT2D eigenvalue weighted by Crippen LogP contribution is -2.03. The van der Waals surface area contributed by atoms with Crippen LogP contribution in [0.25, 0.3) is 11.0 Å². The monoisotopic (exact) mass is 249 g/mol. The molecule has 2 aromatic rings. The first-order valence-electron chi connectivity index (χ1n) is 6.19. The van der Waals surface area contributed by atoms with Crippen molar-refractivity contribution >= 4 is 11.0 Å². The van der Waals surface area contributed by atoms with Crippen molar-refractivity contribution in [3.05, 3.63) is 30.0 Å². The molecule has 4 heteroatoms. The van der Waals surface area contributed by atoms with Gasteiger partial charge in [-0.1, -0.05) is 12.1 Å². The first-order chi connectivity index (χ1) is 8.86. The zero-order chi connectivity index (χ0) is 12.8. The molecule has 1 heterocycles. The van der Waals surface area contributed by atoms with Crippen LogP contribution >= 0.6 is 0 Å². The van der Waals surface area contributed by atoms with E-state index in [0.29, 0.717) is 18.9 Å². The highest BCUT2D eigenvalue weighted by atomic mass is 16.5. The summed E-state index contributed by atoms with van der Waals surface area (Å²) in [7, 11) is 1.71. The molecule has 0 bridgehead atoms. The van der Waals surface area contributed by atoms with Crippen molar-refractivity contribution < 1.29 is 13.9 Å². The van der Waals surface area contributed by atoms with E-state index in [2.05, 4.69) is 0 Å². The van der Waals surface area contributed by atoms with Crippen LogP contribution in [0, 0.1) is 0 Å². The van der Waals surface area contributed by atoms with Gasteiger partial charge >= 0.3 is 0 Å². The molecule has 1 aromatic heterocycles. The van der Waals surface area contributed by atoms with Crippen LogP contribution in [0.3, 0.4) is 0 Å².